The fraction of sp³-hybridized carbons (Fsp3) is 0.111. The second kappa shape index (κ2) is 6.89. The lowest BCUT2D eigenvalue weighted by Gasteiger charge is -2.06. The van der Waals surface area contributed by atoms with E-state index in [0.29, 0.717) is 18.7 Å². The zero-order valence-corrected chi connectivity index (χ0v) is 12.5. The van der Waals surface area contributed by atoms with E-state index in [2.05, 4.69) is 27.6 Å². The Morgan fingerprint density at radius 1 is 1.04 bits per heavy atom. The first kappa shape index (κ1) is 15.0. The van der Waals surface area contributed by atoms with Crippen molar-refractivity contribution in [3.8, 4) is 11.1 Å². The summed E-state index contributed by atoms with van der Waals surface area (Å²) < 4.78 is 0. The van der Waals surface area contributed by atoms with Gasteiger partial charge in [-0.05, 0) is 23.3 Å². The Bertz CT molecular complexity index is 780. The summed E-state index contributed by atoms with van der Waals surface area (Å²) in [5.41, 5.74) is 4.58. The summed E-state index contributed by atoms with van der Waals surface area (Å²) in [6.07, 6.45) is 1.83. The molecule has 0 spiro atoms. The molecule has 0 saturated heterocycles. The highest BCUT2D eigenvalue weighted by molar-refractivity contribution is 5.87. The first-order valence-corrected chi connectivity index (χ1v) is 7.34. The SMILES string of the molecule is O=C(O)c1ccc(CNCc2[nH]ncc2-c2ccccc2)cc1. The van der Waals surface area contributed by atoms with E-state index >= 15 is 0 Å². The molecule has 5 heteroatoms. The lowest BCUT2D eigenvalue weighted by Crippen LogP contribution is -2.13. The van der Waals surface area contributed by atoms with Crippen LogP contribution in [0.4, 0.5) is 0 Å². The molecule has 0 aliphatic carbocycles. The molecule has 0 amide bonds. The first-order chi connectivity index (χ1) is 11.2. The number of H-pyrrole nitrogens is 1. The van der Waals surface area contributed by atoms with E-state index in [9.17, 15) is 4.79 Å². The third kappa shape index (κ3) is 3.64. The van der Waals surface area contributed by atoms with Gasteiger partial charge in [-0.25, -0.2) is 4.79 Å². The quantitative estimate of drug-likeness (QED) is 0.654. The molecule has 1 heterocycles. The average Bonchev–Trinajstić information content (AvgIpc) is 3.05. The maximum atomic E-state index is 10.8. The van der Waals surface area contributed by atoms with Gasteiger partial charge in [-0.1, -0.05) is 42.5 Å². The Kier molecular flexibility index (Phi) is 4.49. The zero-order valence-electron chi connectivity index (χ0n) is 12.5. The molecule has 1 aromatic heterocycles. The molecule has 23 heavy (non-hydrogen) atoms. The van der Waals surface area contributed by atoms with Crippen LogP contribution in [0.1, 0.15) is 21.6 Å². The fourth-order valence-corrected chi connectivity index (χ4v) is 2.41. The van der Waals surface area contributed by atoms with Crippen LogP contribution in [-0.4, -0.2) is 21.3 Å². The van der Waals surface area contributed by atoms with Crippen molar-refractivity contribution in [2.24, 2.45) is 0 Å². The fourth-order valence-electron chi connectivity index (χ4n) is 2.41. The van der Waals surface area contributed by atoms with Crippen LogP contribution >= 0.6 is 0 Å². The summed E-state index contributed by atoms with van der Waals surface area (Å²) in [7, 11) is 0. The van der Waals surface area contributed by atoms with E-state index in [1.807, 2.05) is 36.5 Å². The van der Waals surface area contributed by atoms with Gasteiger partial charge in [0.2, 0.25) is 0 Å². The Hall–Kier alpha value is -2.92. The lowest BCUT2D eigenvalue weighted by molar-refractivity contribution is 0.0697. The molecule has 5 nitrogen and oxygen atoms in total. The number of aromatic nitrogens is 2. The summed E-state index contributed by atoms with van der Waals surface area (Å²) >= 11 is 0. The molecule has 0 aliphatic rings. The maximum absolute atomic E-state index is 10.8. The van der Waals surface area contributed by atoms with Gasteiger partial charge in [0.15, 0.2) is 0 Å². The number of rotatable bonds is 6. The normalized spacial score (nSPS) is 10.6. The van der Waals surface area contributed by atoms with Crippen LogP contribution in [-0.2, 0) is 13.1 Å². The highest BCUT2D eigenvalue weighted by Gasteiger charge is 2.07. The Morgan fingerprint density at radius 3 is 2.48 bits per heavy atom. The van der Waals surface area contributed by atoms with E-state index in [0.717, 1.165) is 22.4 Å². The van der Waals surface area contributed by atoms with Crippen molar-refractivity contribution in [3.05, 3.63) is 77.6 Å². The summed E-state index contributed by atoms with van der Waals surface area (Å²) in [5.74, 6) is -0.908. The van der Waals surface area contributed by atoms with E-state index < -0.39 is 5.97 Å². The zero-order chi connectivity index (χ0) is 16.1. The molecule has 0 radical (unpaired) electrons. The number of nitrogens with one attached hydrogen (secondary N) is 2. The monoisotopic (exact) mass is 307 g/mol. The Balaban J connectivity index is 1.61. The van der Waals surface area contributed by atoms with Crippen molar-refractivity contribution in [2.45, 2.75) is 13.1 Å². The van der Waals surface area contributed by atoms with Gasteiger partial charge in [0.05, 0.1) is 17.5 Å². The number of aromatic carboxylic acids is 1. The molecule has 2 aromatic carbocycles. The van der Waals surface area contributed by atoms with Gasteiger partial charge in [0, 0.05) is 18.7 Å². The number of carboxylic acids is 1. The molecule has 0 bridgehead atoms. The molecule has 3 N–H and O–H groups in total. The van der Waals surface area contributed by atoms with E-state index in [4.69, 9.17) is 5.11 Å². The average molecular weight is 307 g/mol. The molecule has 0 unspecified atom stereocenters. The van der Waals surface area contributed by atoms with Gasteiger partial charge in [-0.3, -0.25) is 5.10 Å². The second-order valence-electron chi connectivity index (χ2n) is 5.23. The van der Waals surface area contributed by atoms with Gasteiger partial charge < -0.3 is 10.4 Å². The summed E-state index contributed by atoms with van der Waals surface area (Å²) in [6.45, 7) is 1.32. The van der Waals surface area contributed by atoms with Crippen molar-refractivity contribution in [1.29, 1.82) is 0 Å². The van der Waals surface area contributed by atoms with Crippen molar-refractivity contribution in [3.63, 3.8) is 0 Å². The molecule has 0 atom stereocenters. The predicted molar refractivity (Wildman–Crippen MR) is 88.0 cm³/mol. The molecule has 0 saturated carbocycles. The molecule has 0 fully saturated rings. The van der Waals surface area contributed by atoms with E-state index in [1.165, 1.54) is 0 Å². The number of carbonyl (C=O) groups is 1. The molecular formula is C18H17N3O2. The number of hydrogen-bond donors (Lipinski definition) is 3. The third-order valence-electron chi connectivity index (χ3n) is 3.63. The molecular weight excluding hydrogens is 290 g/mol. The smallest absolute Gasteiger partial charge is 0.335 e. The summed E-state index contributed by atoms with van der Waals surface area (Å²) in [5, 5.41) is 19.4. The molecule has 3 aromatic rings. The first-order valence-electron chi connectivity index (χ1n) is 7.34. The van der Waals surface area contributed by atoms with Crippen molar-refractivity contribution < 1.29 is 9.90 Å². The third-order valence-corrected chi connectivity index (χ3v) is 3.63. The van der Waals surface area contributed by atoms with Crippen molar-refractivity contribution in [1.82, 2.24) is 15.5 Å². The largest absolute Gasteiger partial charge is 0.478 e. The number of benzene rings is 2. The van der Waals surface area contributed by atoms with Crippen LogP contribution in [0, 0.1) is 0 Å². The topological polar surface area (TPSA) is 78.0 Å². The molecule has 116 valence electrons. The standard InChI is InChI=1S/C18H17N3O2/c22-18(23)15-8-6-13(7-9-15)10-19-12-17-16(11-20-21-17)14-4-2-1-3-5-14/h1-9,11,19H,10,12H2,(H,20,21)(H,22,23). The minimum Gasteiger partial charge on any atom is -0.478 e. The Labute approximate surface area is 134 Å². The number of aromatic amines is 1. The highest BCUT2D eigenvalue weighted by atomic mass is 16.4. The van der Waals surface area contributed by atoms with Crippen molar-refractivity contribution in [2.75, 3.05) is 0 Å². The summed E-state index contributed by atoms with van der Waals surface area (Å²) in [4.78, 5) is 10.8. The van der Waals surface area contributed by atoms with Gasteiger partial charge in [-0.15, -0.1) is 0 Å². The van der Waals surface area contributed by atoms with Gasteiger partial charge in [-0.2, -0.15) is 5.10 Å². The van der Waals surface area contributed by atoms with Crippen LogP contribution in [0.15, 0.2) is 60.8 Å². The number of nitrogens with zero attached hydrogens (tertiary/aromatic N) is 1. The molecule has 3 rings (SSSR count). The van der Waals surface area contributed by atoms with E-state index in [1.54, 1.807) is 12.1 Å². The summed E-state index contributed by atoms with van der Waals surface area (Å²) in [6, 6.07) is 17.0. The van der Waals surface area contributed by atoms with Crippen LogP contribution in [0.25, 0.3) is 11.1 Å². The predicted octanol–water partition coefficient (Wildman–Crippen LogP) is 3.06. The van der Waals surface area contributed by atoms with Crippen molar-refractivity contribution >= 4 is 5.97 Å². The maximum Gasteiger partial charge on any atom is 0.335 e. The van der Waals surface area contributed by atoms with Crippen LogP contribution in [0.5, 0.6) is 0 Å². The van der Waals surface area contributed by atoms with Gasteiger partial charge in [0.1, 0.15) is 0 Å². The van der Waals surface area contributed by atoms with Gasteiger partial charge in [0.25, 0.3) is 0 Å². The highest BCUT2D eigenvalue weighted by Crippen LogP contribution is 2.21. The minimum absolute atomic E-state index is 0.300. The number of hydrogen-bond acceptors (Lipinski definition) is 3. The van der Waals surface area contributed by atoms with Crippen LogP contribution < -0.4 is 5.32 Å². The van der Waals surface area contributed by atoms with Crippen LogP contribution in [0.3, 0.4) is 0 Å². The number of carboxylic acid groups (broad SMARTS) is 1. The second-order valence-corrected chi connectivity index (χ2v) is 5.23. The van der Waals surface area contributed by atoms with E-state index in [-0.39, 0.29) is 0 Å². The van der Waals surface area contributed by atoms with Gasteiger partial charge >= 0.3 is 5.97 Å². The lowest BCUT2D eigenvalue weighted by atomic mass is 10.1. The minimum atomic E-state index is -0.908. The van der Waals surface area contributed by atoms with Crippen LogP contribution in [0.2, 0.25) is 0 Å². The molecule has 0 aliphatic heterocycles. The Morgan fingerprint density at radius 2 is 1.78 bits per heavy atom.